The van der Waals surface area contributed by atoms with E-state index in [1.165, 1.54) is 0 Å². The van der Waals surface area contributed by atoms with Gasteiger partial charge in [-0.15, -0.1) is 0 Å². The molecule has 3 aromatic carbocycles. The van der Waals surface area contributed by atoms with Gasteiger partial charge in [0.25, 0.3) is 0 Å². The second-order valence-electron chi connectivity index (χ2n) is 6.46. The molecule has 1 aromatic heterocycles. The van der Waals surface area contributed by atoms with E-state index in [1.54, 1.807) is 18.5 Å². The summed E-state index contributed by atoms with van der Waals surface area (Å²) in [7, 11) is 0. The Kier molecular flexibility index (Phi) is 5.32. The summed E-state index contributed by atoms with van der Waals surface area (Å²) in [5, 5.41) is 3.47. The maximum Gasteiger partial charge on any atom is 0.188 e. The lowest BCUT2D eigenvalue weighted by Crippen LogP contribution is -2.28. The van der Waals surface area contributed by atoms with Crippen LogP contribution in [0, 0.1) is 0 Å². The van der Waals surface area contributed by atoms with Crippen molar-refractivity contribution in [1.82, 2.24) is 4.98 Å². The molecule has 0 bridgehead atoms. The van der Waals surface area contributed by atoms with E-state index in [4.69, 9.17) is 0 Å². The van der Waals surface area contributed by atoms with Gasteiger partial charge in [0.2, 0.25) is 0 Å². The number of nitrogens with zero attached hydrogens (tertiary/aromatic N) is 1. The van der Waals surface area contributed by atoms with Crippen molar-refractivity contribution in [2.75, 3.05) is 0 Å². The summed E-state index contributed by atoms with van der Waals surface area (Å²) in [6, 6.07) is 34.6. The van der Waals surface area contributed by atoms with Gasteiger partial charge in [0.05, 0.1) is 0 Å². The summed E-state index contributed by atoms with van der Waals surface area (Å²) in [6.45, 7) is -2.28. The lowest BCUT2D eigenvalue weighted by atomic mass is 10.2. The highest BCUT2D eigenvalue weighted by atomic mass is 31.2. The molecular weight excluding hydrogens is 361 g/mol. The van der Waals surface area contributed by atoms with Crippen molar-refractivity contribution in [1.29, 1.82) is 0 Å². The Morgan fingerprint density at radius 2 is 1.11 bits per heavy atom. The minimum atomic E-state index is -2.28. The molecule has 0 fully saturated rings. The fraction of sp³-hybridized carbons (Fsp3) is 0. The van der Waals surface area contributed by atoms with Gasteiger partial charge in [0, 0.05) is 18.0 Å². The largest absolute Gasteiger partial charge is 0.289 e. The number of pyridine rings is 1. The summed E-state index contributed by atoms with van der Waals surface area (Å²) in [4.78, 5) is 17.4. The summed E-state index contributed by atoms with van der Waals surface area (Å²) in [5.74, 6) is 1.93. The van der Waals surface area contributed by atoms with Crippen LogP contribution in [0.3, 0.4) is 0 Å². The van der Waals surface area contributed by atoms with Crippen LogP contribution in [0.1, 0.15) is 10.4 Å². The third kappa shape index (κ3) is 3.47. The number of rotatable bonds is 5. The molecule has 1 heterocycles. The Labute approximate surface area is 165 Å². The predicted octanol–water partition coefficient (Wildman–Crippen LogP) is 4.06. The van der Waals surface area contributed by atoms with E-state index in [-0.39, 0.29) is 5.78 Å². The summed E-state index contributed by atoms with van der Waals surface area (Å²) in [6.07, 6.45) is 3.32. The zero-order chi connectivity index (χ0) is 19.2. The Morgan fingerprint density at radius 1 is 0.643 bits per heavy atom. The first-order chi connectivity index (χ1) is 13.8. The molecule has 0 radical (unpaired) electrons. The highest BCUT2D eigenvalue weighted by Crippen LogP contribution is 2.43. The van der Waals surface area contributed by atoms with Crippen molar-refractivity contribution in [2.24, 2.45) is 0 Å². The van der Waals surface area contributed by atoms with Crippen LogP contribution in [0.4, 0.5) is 0 Å². The van der Waals surface area contributed by atoms with Crippen molar-refractivity contribution in [3.05, 3.63) is 121 Å². The number of ketones is 1. The van der Waals surface area contributed by atoms with E-state index in [0.29, 0.717) is 5.56 Å². The summed E-state index contributed by atoms with van der Waals surface area (Å²) >= 11 is 0. The third-order valence-electron chi connectivity index (χ3n) is 4.75. The number of benzene rings is 3. The Hall–Kier alpha value is -3.22. The van der Waals surface area contributed by atoms with Crippen LogP contribution < -0.4 is 15.9 Å². The maximum absolute atomic E-state index is 13.3. The molecule has 136 valence electrons. The van der Waals surface area contributed by atoms with Gasteiger partial charge in [0.1, 0.15) is 0 Å². The molecule has 0 unspecified atom stereocenters. The maximum atomic E-state index is 13.3. The van der Waals surface area contributed by atoms with Gasteiger partial charge in [-0.1, -0.05) is 91.0 Å². The second kappa shape index (κ2) is 8.21. The molecule has 0 aliphatic heterocycles. The first-order valence-electron chi connectivity index (χ1n) is 9.16. The molecule has 2 nitrogen and oxygen atoms in total. The van der Waals surface area contributed by atoms with Gasteiger partial charge in [0.15, 0.2) is 5.78 Å². The van der Waals surface area contributed by atoms with Crippen molar-refractivity contribution in [3.63, 3.8) is 0 Å². The molecule has 0 saturated carbocycles. The smallest absolute Gasteiger partial charge is 0.188 e. The number of Topliss-reactive ketones (excluding diaryl/α,β-unsaturated/α-hetero) is 1. The van der Waals surface area contributed by atoms with Gasteiger partial charge in [-0.3, -0.25) is 9.78 Å². The number of carbonyl (C=O) groups is 1. The van der Waals surface area contributed by atoms with Crippen LogP contribution in [0.2, 0.25) is 0 Å². The van der Waals surface area contributed by atoms with E-state index in [2.05, 4.69) is 41.4 Å². The quantitative estimate of drug-likeness (QED) is 0.385. The fourth-order valence-electron chi connectivity index (χ4n) is 3.42. The summed E-state index contributed by atoms with van der Waals surface area (Å²) in [5.41, 5.74) is 0.606. The molecule has 4 rings (SSSR count). The zero-order valence-electron chi connectivity index (χ0n) is 15.3. The topological polar surface area (TPSA) is 30.0 Å². The monoisotopic (exact) mass is 381 g/mol. The SMILES string of the molecule is O=C(C=P(c1ccccc1)(c1ccccc1)c1ccccc1)c1cccnc1. The molecular formula is C25H20NOP. The zero-order valence-corrected chi connectivity index (χ0v) is 16.2. The van der Waals surface area contributed by atoms with Crippen molar-refractivity contribution in [2.45, 2.75) is 0 Å². The Balaban J connectivity index is 2.07. The highest BCUT2D eigenvalue weighted by Gasteiger charge is 2.26. The van der Waals surface area contributed by atoms with Gasteiger partial charge in [-0.25, -0.2) is 0 Å². The van der Waals surface area contributed by atoms with Gasteiger partial charge >= 0.3 is 0 Å². The minimum absolute atomic E-state index is 0.00186. The fourth-order valence-corrected chi connectivity index (χ4v) is 7.19. The molecule has 0 saturated heterocycles. The molecule has 28 heavy (non-hydrogen) atoms. The summed E-state index contributed by atoms with van der Waals surface area (Å²) < 4.78 is 0. The standard InChI is InChI=1S/C25H20NOP/c27-25(21-11-10-18-26-19-21)20-28(22-12-4-1-5-13-22,23-14-6-2-7-15-23)24-16-8-3-9-17-24/h1-20H. The van der Waals surface area contributed by atoms with Crippen molar-refractivity contribution < 1.29 is 4.79 Å². The number of hydrogen-bond acceptors (Lipinski definition) is 2. The van der Waals surface area contributed by atoms with E-state index in [9.17, 15) is 4.79 Å². The molecule has 4 aromatic rings. The predicted molar refractivity (Wildman–Crippen MR) is 120 cm³/mol. The van der Waals surface area contributed by atoms with Crippen LogP contribution in [0.15, 0.2) is 116 Å². The van der Waals surface area contributed by atoms with Crippen LogP contribution >= 0.6 is 6.89 Å². The Bertz CT molecular complexity index is 1000. The lowest BCUT2D eigenvalue weighted by Gasteiger charge is -2.28. The molecule has 0 spiro atoms. The third-order valence-corrected chi connectivity index (χ3v) is 8.71. The van der Waals surface area contributed by atoms with E-state index >= 15 is 0 Å². The Morgan fingerprint density at radius 3 is 1.50 bits per heavy atom. The second-order valence-corrected chi connectivity index (χ2v) is 9.72. The lowest BCUT2D eigenvalue weighted by molar-refractivity contribution is 0.107. The average molecular weight is 381 g/mol. The number of carbonyl (C=O) groups excluding carboxylic acids is 1. The van der Waals surface area contributed by atoms with Gasteiger partial charge in [-0.05, 0) is 40.7 Å². The van der Waals surface area contributed by atoms with Crippen LogP contribution in [0.5, 0.6) is 0 Å². The van der Waals surface area contributed by atoms with Crippen molar-refractivity contribution in [3.8, 4) is 0 Å². The molecule has 0 atom stereocenters. The van der Waals surface area contributed by atoms with Gasteiger partial charge < -0.3 is 0 Å². The van der Waals surface area contributed by atoms with Crippen molar-refractivity contribution >= 4 is 34.4 Å². The normalized spacial score (nSPS) is 11.0. The van der Waals surface area contributed by atoms with Crippen LogP contribution in [-0.4, -0.2) is 16.6 Å². The minimum Gasteiger partial charge on any atom is -0.289 e. The first-order valence-corrected chi connectivity index (χ1v) is 11.0. The molecule has 0 aliphatic rings. The highest BCUT2D eigenvalue weighted by molar-refractivity contribution is 7.95. The van der Waals surface area contributed by atoms with Gasteiger partial charge in [-0.2, -0.15) is 0 Å². The average Bonchev–Trinajstić information content (AvgIpc) is 2.80. The molecule has 3 heteroatoms. The number of hydrogen-bond donors (Lipinski definition) is 0. The van der Waals surface area contributed by atoms with E-state index in [1.807, 2.05) is 66.5 Å². The van der Waals surface area contributed by atoms with Crippen LogP contribution in [0.25, 0.3) is 0 Å². The number of aromatic nitrogens is 1. The molecule has 0 N–H and O–H groups in total. The molecule has 0 aliphatic carbocycles. The van der Waals surface area contributed by atoms with Crippen LogP contribution in [-0.2, 0) is 0 Å². The van der Waals surface area contributed by atoms with E-state index in [0.717, 1.165) is 15.9 Å². The first kappa shape index (κ1) is 18.2. The van der Waals surface area contributed by atoms with E-state index < -0.39 is 6.89 Å². The molecule has 0 amide bonds.